The minimum atomic E-state index is -0.0143. The zero-order valence-corrected chi connectivity index (χ0v) is 13.1. The molecular formula is C17H20N4O. The lowest BCUT2D eigenvalue weighted by atomic mass is 10.1. The summed E-state index contributed by atoms with van der Waals surface area (Å²) in [5.74, 6) is 0.906. The number of para-hydroxylation sites is 2. The molecule has 114 valence electrons. The summed E-state index contributed by atoms with van der Waals surface area (Å²) in [6.07, 6.45) is 0. The minimum absolute atomic E-state index is 0.0143. The molecule has 0 radical (unpaired) electrons. The van der Waals surface area contributed by atoms with Gasteiger partial charge in [0.1, 0.15) is 5.82 Å². The summed E-state index contributed by atoms with van der Waals surface area (Å²) in [5.41, 5.74) is 4.80. The van der Waals surface area contributed by atoms with Crippen LogP contribution >= 0.6 is 0 Å². The van der Waals surface area contributed by atoms with E-state index in [1.807, 2.05) is 51.2 Å². The molecule has 0 saturated heterocycles. The number of H-pyrrole nitrogens is 2. The number of nitrogens with zero attached hydrogens (tertiary/aromatic N) is 2. The van der Waals surface area contributed by atoms with Crippen LogP contribution in [0, 0.1) is 13.8 Å². The minimum Gasteiger partial charge on any atom is -0.341 e. The van der Waals surface area contributed by atoms with Crippen molar-refractivity contribution in [3.05, 3.63) is 63.3 Å². The van der Waals surface area contributed by atoms with Crippen LogP contribution in [-0.2, 0) is 13.1 Å². The summed E-state index contributed by atoms with van der Waals surface area (Å²) in [6, 6.07) is 9.93. The van der Waals surface area contributed by atoms with E-state index in [2.05, 4.69) is 19.9 Å². The fourth-order valence-corrected chi connectivity index (χ4v) is 2.58. The highest BCUT2D eigenvalue weighted by Crippen LogP contribution is 2.12. The Bertz CT molecular complexity index is 829. The number of benzene rings is 1. The highest BCUT2D eigenvalue weighted by Gasteiger charge is 2.09. The first-order valence-electron chi connectivity index (χ1n) is 7.34. The van der Waals surface area contributed by atoms with Crippen molar-refractivity contribution in [1.29, 1.82) is 0 Å². The van der Waals surface area contributed by atoms with Gasteiger partial charge < -0.3 is 9.97 Å². The van der Waals surface area contributed by atoms with Crippen LogP contribution in [0.4, 0.5) is 0 Å². The zero-order valence-electron chi connectivity index (χ0n) is 13.1. The predicted octanol–water partition coefficient (Wildman–Crippen LogP) is 2.50. The van der Waals surface area contributed by atoms with E-state index in [0.29, 0.717) is 13.1 Å². The molecule has 0 spiro atoms. The van der Waals surface area contributed by atoms with Crippen LogP contribution in [-0.4, -0.2) is 26.9 Å². The molecule has 22 heavy (non-hydrogen) atoms. The molecule has 0 fully saturated rings. The molecule has 2 N–H and O–H groups in total. The van der Waals surface area contributed by atoms with Gasteiger partial charge in [-0.1, -0.05) is 12.1 Å². The number of imidazole rings is 1. The number of hydrogen-bond donors (Lipinski definition) is 2. The largest absolute Gasteiger partial charge is 0.341 e. The average Bonchev–Trinajstić information content (AvgIpc) is 2.86. The van der Waals surface area contributed by atoms with Crippen molar-refractivity contribution in [3.8, 4) is 0 Å². The maximum Gasteiger partial charge on any atom is 0.252 e. The number of aromatic nitrogens is 3. The average molecular weight is 296 g/mol. The topological polar surface area (TPSA) is 64.8 Å². The van der Waals surface area contributed by atoms with Crippen molar-refractivity contribution in [1.82, 2.24) is 19.9 Å². The van der Waals surface area contributed by atoms with E-state index < -0.39 is 0 Å². The predicted molar refractivity (Wildman–Crippen MR) is 87.8 cm³/mol. The number of pyridine rings is 1. The van der Waals surface area contributed by atoms with Crippen LogP contribution in [0.2, 0.25) is 0 Å². The molecule has 0 atom stereocenters. The van der Waals surface area contributed by atoms with Gasteiger partial charge in [-0.2, -0.15) is 0 Å². The SMILES string of the molecule is Cc1cc(CN(C)Cc2nc3ccccc3[nH]2)c(=O)[nH]c1C. The van der Waals surface area contributed by atoms with Crippen molar-refractivity contribution < 1.29 is 0 Å². The zero-order chi connectivity index (χ0) is 15.7. The molecule has 2 heterocycles. The monoisotopic (exact) mass is 296 g/mol. The Kier molecular flexibility index (Phi) is 3.81. The van der Waals surface area contributed by atoms with Crippen LogP contribution in [0.1, 0.15) is 22.6 Å². The van der Waals surface area contributed by atoms with Crippen LogP contribution in [0.5, 0.6) is 0 Å². The third-order valence-electron chi connectivity index (χ3n) is 3.87. The second kappa shape index (κ2) is 5.77. The van der Waals surface area contributed by atoms with E-state index in [1.165, 1.54) is 0 Å². The number of hydrogen-bond acceptors (Lipinski definition) is 3. The number of fused-ring (bicyclic) bond motifs is 1. The lowest BCUT2D eigenvalue weighted by Crippen LogP contribution is -2.24. The van der Waals surface area contributed by atoms with E-state index in [1.54, 1.807) is 0 Å². The van der Waals surface area contributed by atoms with E-state index in [4.69, 9.17) is 0 Å². The van der Waals surface area contributed by atoms with Gasteiger partial charge in [0.2, 0.25) is 0 Å². The standard InChI is InChI=1S/C17H20N4O/c1-11-8-13(17(22)18-12(11)2)9-21(3)10-16-19-14-6-4-5-7-15(14)20-16/h4-8H,9-10H2,1-3H3,(H,18,22)(H,19,20). The van der Waals surface area contributed by atoms with Gasteiger partial charge in [0.15, 0.2) is 0 Å². The molecule has 0 aliphatic heterocycles. The van der Waals surface area contributed by atoms with Gasteiger partial charge in [0.05, 0.1) is 17.6 Å². The quantitative estimate of drug-likeness (QED) is 0.777. The number of nitrogens with one attached hydrogen (secondary N) is 2. The van der Waals surface area contributed by atoms with E-state index in [0.717, 1.165) is 33.7 Å². The van der Waals surface area contributed by atoms with Crippen LogP contribution in [0.25, 0.3) is 11.0 Å². The number of aromatic amines is 2. The van der Waals surface area contributed by atoms with Crippen molar-refractivity contribution in [2.45, 2.75) is 26.9 Å². The molecule has 0 aliphatic carbocycles. The van der Waals surface area contributed by atoms with Gasteiger partial charge >= 0.3 is 0 Å². The van der Waals surface area contributed by atoms with E-state index in [-0.39, 0.29) is 5.56 Å². The first kappa shape index (κ1) is 14.5. The highest BCUT2D eigenvalue weighted by atomic mass is 16.1. The Morgan fingerprint density at radius 2 is 1.91 bits per heavy atom. The van der Waals surface area contributed by atoms with Crippen molar-refractivity contribution >= 4 is 11.0 Å². The summed E-state index contributed by atoms with van der Waals surface area (Å²) < 4.78 is 0. The van der Waals surface area contributed by atoms with Crippen LogP contribution < -0.4 is 5.56 Å². The second-order valence-electron chi connectivity index (χ2n) is 5.80. The highest BCUT2D eigenvalue weighted by molar-refractivity contribution is 5.74. The lowest BCUT2D eigenvalue weighted by molar-refractivity contribution is 0.310. The van der Waals surface area contributed by atoms with Gasteiger partial charge in [0.25, 0.3) is 5.56 Å². The first-order chi connectivity index (χ1) is 10.5. The fourth-order valence-electron chi connectivity index (χ4n) is 2.58. The maximum absolute atomic E-state index is 12.0. The summed E-state index contributed by atoms with van der Waals surface area (Å²) in [6.45, 7) is 5.18. The molecular weight excluding hydrogens is 276 g/mol. The van der Waals surface area contributed by atoms with E-state index >= 15 is 0 Å². The molecule has 5 heteroatoms. The molecule has 0 bridgehead atoms. The molecule has 0 unspecified atom stereocenters. The van der Waals surface area contributed by atoms with Crippen LogP contribution in [0.15, 0.2) is 35.1 Å². The summed E-state index contributed by atoms with van der Waals surface area (Å²) in [7, 11) is 1.99. The van der Waals surface area contributed by atoms with Crippen LogP contribution in [0.3, 0.4) is 0 Å². The Balaban J connectivity index is 1.76. The summed E-state index contributed by atoms with van der Waals surface area (Å²) in [4.78, 5) is 24.9. The fraction of sp³-hybridized carbons (Fsp3) is 0.294. The van der Waals surface area contributed by atoms with Crippen molar-refractivity contribution in [2.24, 2.45) is 0 Å². The third kappa shape index (κ3) is 2.94. The van der Waals surface area contributed by atoms with Gasteiger partial charge in [0, 0.05) is 17.8 Å². The van der Waals surface area contributed by atoms with Crippen molar-refractivity contribution in [3.63, 3.8) is 0 Å². The second-order valence-corrected chi connectivity index (χ2v) is 5.80. The summed E-state index contributed by atoms with van der Waals surface area (Å²) in [5, 5.41) is 0. The van der Waals surface area contributed by atoms with Gasteiger partial charge in [-0.05, 0) is 44.7 Å². The smallest absolute Gasteiger partial charge is 0.252 e. The number of aryl methyl sites for hydroxylation is 2. The lowest BCUT2D eigenvalue weighted by Gasteiger charge is -2.15. The van der Waals surface area contributed by atoms with E-state index in [9.17, 15) is 4.79 Å². The normalized spacial score (nSPS) is 11.5. The van der Waals surface area contributed by atoms with Gasteiger partial charge in [-0.25, -0.2) is 4.98 Å². The summed E-state index contributed by atoms with van der Waals surface area (Å²) >= 11 is 0. The Hall–Kier alpha value is -2.40. The first-order valence-corrected chi connectivity index (χ1v) is 7.34. The Morgan fingerprint density at radius 1 is 1.14 bits per heavy atom. The molecule has 0 aliphatic rings. The molecule has 2 aromatic heterocycles. The molecule has 3 rings (SSSR count). The molecule has 5 nitrogen and oxygen atoms in total. The van der Waals surface area contributed by atoms with Gasteiger partial charge in [-0.15, -0.1) is 0 Å². The maximum atomic E-state index is 12.0. The molecule has 0 saturated carbocycles. The van der Waals surface area contributed by atoms with Crippen molar-refractivity contribution in [2.75, 3.05) is 7.05 Å². The molecule has 3 aromatic rings. The molecule has 0 amide bonds. The number of rotatable bonds is 4. The Morgan fingerprint density at radius 3 is 2.68 bits per heavy atom. The van der Waals surface area contributed by atoms with Gasteiger partial charge in [-0.3, -0.25) is 9.69 Å². The third-order valence-corrected chi connectivity index (χ3v) is 3.87. The Labute approximate surface area is 129 Å². The molecule has 1 aromatic carbocycles.